The van der Waals surface area contributed by atoms with E-state index in [0.717, 1.165) is 18.8 Å². The van der Waals surface area contributed by atoms with E-state index in [1.165, 1.54) is 11.1 Å². The molecule has 0 heterocycles. The normalized spacial score (nSPS) is 12.1. The van der Waals surface area contributed by atoms with E-state index in [1.54, 1.807) is 7.11 Å². The third kappa shape index (κ3) is 5.39. The highest BCUT2D eigenvalue weighted by atomic mass is 35.5. The Morgan fingerprint density at radius 2 is 2.06 bits per heavy atom. The molecule has 0 spiro atoms. The first-order valence-electron chi connectivity index (χ1n) is 5.60. The highest BCUT2D eigenvalue weighted by Crippen LogP contribution is 2.19. The van der Waals surface area contributed by atoms with Crippen LogP contribution in [0, 0.1) is 6.92 Å². The summed E-state index contributed by atoms with van der Waals surface area (Å²) in [7, 11) is 3.78. The number of rotatable bonds is 5. The molecule has 1 aromatic carbocycles. The lowest BCUT2D eigenvalue weighted by molar-refractivity contribution is 0.309. The zero-order chi connectivity index (χ0) is 12.1. The number of aryl methyl sites for hydroxylation is 1. The van der Waals surface area contributed by atoms with Gasteiger partial charge >= 0.3 is 0 Å². The fourth-order valence-corrected chi connectivity index (χ4v) is 1.91. The van der Waals surface area contributed by atoms with Crippen molar-refractivity contribution in [1.29, 1.82) is 0 Å². The quantitative estimate of drug-likeness (QED) is 0.880. The molecule has 0 bridgehead atoms. The maximum atomic E-state index is 5.76. The zero-order valence-electron chi connectivity index (χ0n) is 11.1. The van der Waals surface area contributed by atoms with Crippen LogP contribution in [0.2, 0.25) is 0 Å². The number of halogens is 1. The largest absolute Gasteiger partial charge is 0.496 e. The molecule has 0 saturated heterocycles. The number of hydrogen-bond acceptors (Lipinski definition) is 3. The lowest BCUT2D eigenvalue weighted by Crippen LogP contribution is -2.32. The van der Waals surface area contributed by atoms with Crippen LogP contribution >= 0.6 is 12.4 Å². The Morgan fingerprint density at radius 3 is 2.53 bits per heavy atom. The zero-order valence-corrected chi connectivity index (χ0v) is 11.9. The third-order valence-corrected chi connectivity index (χ3v) is 2.51. The number of nitrogens with two attached hydrogens (primary N) is 1. The Labute approximate surface area is 110 Å². The van der Waals surface area contributed by atoms with Crippen molar-refractivity contribution in [1.82, 2.24) is 4.90 Å². The highest BCUT2D eigenvalue weighted by molar-refractivity contribution is 5.85. The van der Waals surface area contributed by atoms with Crippen molar-refractivity contribution in [2.45, 2.75) is 26.4 Å². The fraction of sp³-hybridized carbons (Fsp3) is 0.538. The molecule has 4 heteroatoms. The Bertz CT molecular complexity index is 342. The summed E-state index contributed by atoms with van der Waals surface area (Å²) in [5.74, 6) is 0.943. The molecule has 0 fully saturated rings. The lowest BCUT2D eigenvalue weighted by Gasteiger charge is -2.19. The predicted molar refractivity (Wildman–Crippen MR) is 75.0 cm³/mol. The summed E-state index contributed by atoms with van der Waals surface area (Å²) in [4.78, 5) is 2.23. The topological polar surface area (TPSA) is 38.5 Å². The molecule has 0 aliphatic rings. The van der Waals surface area contributed by atoms with Gasteiger partial charge in [0.25, 0.3) is 0 Å². The van der Waals surface area contributed by atoms with E-state index in [9.17, 15) is 0 Å². The summed E-state index contributed by atoms with van der Waals surface area (Å²) < 4.78 is 5.24. The molecule has 17 heavy (non-hydrogen) atoms. The summed E-state index contributed by atoms with van der Waals surface area (Å²) in [6, 6.07) is 6.49. The van der Waals surface area contributed by atoms with Gasteiger partial charge in [-0.1, -0.05) is 12.1 Å². The SMILES string of the molecule is COc1ccc(CN(C)CC(C)N)cc1C.Cl. The Hall–Kier alpha value is -0.770. The van der Waals surface area contributed by atoms with Crippen LogP contribution in [0.3, 0.4) is 0 Å². The fourth-order valence-electron chi connectivity index (χ4n) is 1.91. The van der Waals surface area contributed by atoms with Gasteiger partial charge in [0.05, 0.1) is 7.11 Å². The molecule has 98 valence electrons. The molecular weight excluding hydrogens is 236 g/mol. The molecule has 0 aliphatic carbocycles. The standard InChI is InChI=1S/C13H22N2O.ClH/c1-10-7-12(5-6-13(10)16-4)9-15(3)8-11(2)14;/h5-7,11H,8-9,14H2,1-4H3;1H. The summed E-state index contributed by atoms with van der Waals surface area (Å²) in [5.41, 5.74) is 8.23. The third-order valence-electron chi connectivity index (χ3n) is 2.51. The molecule has 0 radical (unpaired) electrons. The number of methoxy groups -OCH3 is 1. The molecule has 0 aromatic heterocycles. The summed E-state index contributed by atoms with van der Waals surface area (Å²) in [6.07, 6.45) is 0. The van der Waals surface area contributed by atoms with Crippen molar-refractivity contribution < 1.29 is 4.74 Å². The van der Waals surface area contributed by atoms with Crippen molar-refractivity contribution in [2.24, 2.45) is 5.73 Å². The molecule has 0 aliphatic heterocycles. The van der Waals surface area contributed by atoms with Crippen molar-refractivity contribution in [3.63, 3.8) is 0 Å². The van der Waals surface area contributed by atoms with Crippen molar-refractivity contribution in [3.05, 3.63) is 29.3 Å². The van der Waals surface area contributed by atoms with Gasteiger partial charge in [-0.3, -0.25) is 0 Å². The van der Waals surface area contributed by atoms with Gasteiger partial charge in [0.2, 0.25) is 0 Å². The second-order valence-electron chi connectivity index (χ2n) is 4.48. The van der Waals surface area contributed by atoms with E-state index in [4.69, 9.17) is 10.5 Å². The predicted octanol–water partition coefficient (Wildman–Crippen LogP) is 2.20. The first-order chi connectivity index (χ1) is 7.52. The average molecular weight is 259 g/mol. The minimum atomic E-state index is 0. The maximum absolute atomic E-state index is 5.76. The number of benzene rings is 1. The Morgan fingerprint density at radius 1 is 1.41 bits per heavy atom. The summed E-state index contributed by atoms with van der Waals surface area (Å²) in [5, 5.41) is 0. The van der Waals surface area contributed by atoms with Crippen LogP contribution in [0.15, 0.2) is 18.2 Å². The first-order valence-corrected chi connectivity index (χ1v) is 5.60. The van der Waals surface area contributed by atoms with E-state index in [1.807, 2.05) is 13.0 Å². The van der Waals surface area contributed by atoms with Crippen molar-refractivity contribution in [2.75, 3.05) is 20.7 Å². The summed E-state index contributed by atoms with van der Waals surface area (Å²) >= 11 is 0. The smallest absolute Gasteiger partial charge is 0.121 e. The molecule has 0 amide bonds. The molecule has 1 rings (SSSR count). The van der Waals surface area contributed by atoms with E-state index >= 15 is 0 Å². The van der Waals surface area contributed by atoms with Crippen molar-refractivity contribution >= 4 is 12.4 Å². The van der Waals surface area contributed by atoms with Gasteiger partial charge in [0, 0.05) is 19.1 Å². The van der Waals surface area contributed by atoms with E-state index < -0.39 is 0 Å². The summed E-state index contributed by atoms with van der Waals surface area (Å²) in [6.45, 7) is 5.92. The molecule has 2 N–H and O–H groups in total. The highest BCUT2D eigenvalue weighted by Gasteiger charge is 2.05. The Kier molecular flexibility index (Phi) is 7.19. The molecule has 3 nitrogen and oxygen atoms in total. The Balaban J connectivity index is 0.00000256. The van der Waals surface area contributed by atoms with Gasteiger partial charge < -0.3 is 15.4 Å². The van der Waals surface area contributed by atoms with E-state index in [2.05, 4.69) is 31.0 Å². The lowest BCUT2D eigenvalue weighted by atomic mass is 10.1. The van der Waals surface area contributed by atoms with Crippen LogP contribution in [0.4, 0.5) is 0 Å². The van der Waals surface area contributed by atoms with Crippen LogP contribution in [0.1, 0.15) is 18.1 Å². The second-order valence-corrected chi connectivity index (χ2v) is 4.48. The van der Waals surface area contributed by atoms with Gasteiger partial charge in [-0.05, 0) is 38.1 Å². The molecule has 1 unspecified atom stereocenters. The van der Waals surface area contributed by atoms with E-state index in [0.29, 0.717) is 0 Å². The van der Waals surface area contributed by atoms with Crippen molar-refractivity contribution in [3.8, 4) is 5.75 Å². The van der Waals surface area contributed by atoms with Gasteiger partial charge in [-0.2, -0.15) is 0 Å². The molecule has 1 atom stereocenters. The number of likely N-dealkylation sites (N-methyl/N-ethyl adjacent to an activating group) is 1. The van der Waals surface area contributed by atoms with Crippen LogP contribution in [-0.4, -0.2) is 31.6 Å². The first kappa shape index (κ1) is 16.2. The van der Waals surface area contributed by atoms with Crippen LogP contribution in [-0.2, 0) is 6.54 Å². The molecular formula is C13H23ClN2O. The van der Waals surface area contributed by atoms with Crippen LogP contribution in [0.25, 0.3) is 0 Å². The maximum Gasteiger partial charge on any atom is 0.121 e. The minimum Gasteiger partial charge on any atom is -0.496 e. The second kappa shape index (κ2) is 7.54. The van der Waals surface area contributed by atoms with Gasteiger partial charge in [0.15, 0.2) is 0 Å². The number of ether oxygens (including phenoxy) is 1. The van der Waals surface area contributed by atoms with Crippen LogP contribution < -0.4 is 10.5 Å². The number of nitrogens with zero attached hydrogens (tertiary/aromatic N) is 1. The van der Waals surface area contributed by atoms with Gasteiger partial charge in [-0.15, -0.1) is 12.4 Å². The minimum absolute atomic E-state index is 0. The van der Waals surface area contributed by atoms with Gasteiger partial charge in [0.1, 0.15) is 5.75 Å². The van der Waals surface area contributed by atoms with E-state index in [-0.39, 0.29) is 18.4 Å². The van der Waals surface area contributed by atoms with Gasteiger partial charge in [-0.25, -0.2) is 0 Å². The number of hydrogen-bond donors (Lipinski definition) is 1. The molecule has 0 saturated carbocycles. The van der Waals surface area contributed by atoms with Crippen LogP contribution in [0.5, 0.6) is 5.75 Å². The monoisotopic (exact) mass is 258 g/mol. The molecule has 1 aromatic rings. The average Bonchev–Trinajstić information content (AvgIpc) is 2.16.